The van der Waals surface area contributed by atoms with E-state index in [-0.39, 0.29) is 5.82 Å². The molecule has 130 valence electrons. The van der Waals surface area contributed by atoms with Crippen LogP contribution in [-0.2, 0) is 19.4 Å². The van der Waals surface area contributed by atoms with Gasteiger partial charge >= 0.3 is 0 Å². The molecule has 2 aromatic heterocycles. The lowest BCUT2D eigenvalue weighted by atomic mass is 10.1. The number of aryl methyl sites for hydroxylation is 3. The largest absolute Gasteiger partial charge is 0.396 e. The van der Waals surface area contributed by atoms with Gasteiger partial charge in [-0.1, -0.05) is 29.8 Å². The van der Waals surface area contributed by atoms with Gasteiger partial charge in [-0.05, 0) is 42.5 Å². The monoisotopic (exact) mass is 336 g/mol. The Hall–Kier alpha value is -3.02. The first-order valence-corrected chi connectivity index (χ1v) is 8.38. The Labute approximate surface area is 147 Å². The standard InChI is InChI=1S/C19H24N6/c1-13-4-6-14(7-5-13)3-2-8-25-12-15(11-23-25)9-16-10-17(20)24-19(22)18(16)21/h4-7,10-12H,2-3,8-9,21H2,1H3,(H4,20,22,24). The van der Waals surface area contributed by atoms with Crippen molar-refractivity contribution in [2.75, 3.05) is 17.2 Å². The summed E-state index contributed by atoms with van der Waals surface area (Å²) in [6.07, 6.45) is 6.63. The van der Waals surface area contributed by atoms with Gasteiger partial charge in [-0.25, -0.2) is 4.98 Å². The van der Waals surface area contributed by atoms with Crippen molar-refractivity contribution in [1.82, 2.24) is 14.8 Å². The number of benzene rings is 1. The van der Waals surface area contributed by atoms with Crippen molar-refractivity contribution in [3.05, 3.63) is 65.0 Å². The summed E-state index contributed by atoms with van der Waals surface area (Å²) in [5, 5.41) is 4.43. The van der Waals surface area contributed by atoms with E-state index >= 15 is 0 Å². The summed E-state index contributed by atoms with van der Waals surface area (Å²) in [7, 11) is 0. The summed E-state index contributed by atoms with van der Waals surface area (Å²) in [6.45, 7) is 2.98. The van der Waals surface area contributed by atoms with Crippen LogP contribution < -0.4 is 17.2 Å². The molecule has 3 aromatic rings. The lowest BCUT2D eigenvalue weighted by molar-refractivity contribution is 0.578. The molecular weight excluding hydrogens is 312 g/mol. The van der Waals surface area contributed by atoms with Crippen LogP contribution in [0.5, 0.6) is 0 Å². The first-order chi connectivity index (χ1) is 12.0. The molecule has 0 bridgehead atoms. The Bertz CT molecular complexity index is 851. The van der Waals surface area contributed by atoms with Crippen LogP contribution in [0.25, 0.3) is 0 Å². The smallest absolute Gasteiger partial charge is 0.149 e. The van der Waals surface area contributed by atoms with Gasteiger partial charge in [0.15, 0.2) is 0 Å². The van der Waals surface area contributed by atoms with Gasteiger partial charge in [-0.15, -0.1) is 0 Å². The lowest BCUT2D eigenvalue weighted by Crippen LogP contribution is -2.05. The van der Waals surface area contributed by atoms with Gasteiger partial charge in [-0.3, -0.25) is 4.68 Å². The van der Waals surface area contributed by atoms with Gasteiger partial charge in [0.2, 0.25) is 0 Å². The first kappa shape index (κ1) is 16.8. The van der Waals surface area contributed by atoms with Crippen molar-refractivity contribution >= 4 is 17.3 Å². The lowest BCUT2D eigenvalue weighted by Gasteiger charge is -2.07. The van der Waals surface area contributed by atoms with E-state index < -0.39 is 0 Å². The summed E-state index contributed by atoms with van der Waals surface area (Å²) in [6, 6.07) is 10.4. The summed E-state index contributed by atoms with van der Waals surface area (Å²) in [5.74, 6) is 0.660. The summed E-state index contributed by atoms with van der Waals surface area (Å²) >= 11 is 0. The Morgan fingerprint density at radius 3 is 2.56 bits per heavy atom. The zero-order valence-corrected chi connectivity index (χ0v) is 14.4. The molecule has 6 nitrogen and oxygen atoms in total. The minimum Gasteiger partial charge on any atom is -0.396 e. The van der Waals surface area contributed by atoms with Gasteiger partial charge in [0, 0.05) is 19.2 Å². The average molecular weight is 336 g/mol. The fraction of sp³-hybridized carbons (Fsp3) is 0.263. The highest BCUT2D eigenvalue weighted by molar-refractivity contribution is 5.67. The summed E-state index contributed by atoms with van der Waals surface area (Å²) in [4.78, 5) is 3.97. The third kappa shape index (κ3) is 4.29. The normalized spacial score (nSPS) is 10.9. The number of pyridine rings is 1. The number of hydrogen-bond donors (Lipinski definition) is 3. The molecule has 25 heavy (non-hydrogen) atoms. The number of aromatic nitrogens is 3. The maximum atomic E-state index is 5.99. The second-order valence-corrected chi connectivity index (χ2v) is 6.38. The van der Waals surface area contributed by atoms with E-state index in [0.717, 1.165) is 30.5 Å². The number of rotatable bonds is 6. The van der Waals surface area contributed by atoms with E-state index in [9.17, 15) is 0 Å². The van der Waals surface area contributed by atoms with Crippen molar-refractivity contribution in [2.24, 2.45) is 0 Å². The van der Waals surface area contributed by atoms with Crippen LogP contribution in [0.15, 0.2) is 42.7 Å². The predicted octanol–water partition coefficient (Wildman–Crippen LogP) is 2.56. The molecule has 0 atom stereocenters. The summed E-state index contributed by atoms with van der Waals surface area (Å²) < 4.78 is 1.97. The van der Waals surface area contributed by atoms with Crippen molar-refractivity contribution in [1.29, 1.82) is 0 Å². The maximum Gasteiger partial charge on any atom is 0.149 e. The van der Waals surface area contributed by atoms with E-state index in [2.05, 4.69) is 41.3 Å². The number of nitrogens with two attached hydrogens (primary N) is 3. The Balaban J connectivity index is 1.58. The topological polar surface area (TPSA) is 109 Å². The quantitative estimate of drug-likeness (QED) is 0.641. The molecule has 0 fully saturated rings. The van der Waals surface area contributed by atoms with E-state index in [1.54, 1.807) is 6.07 Å². The van der Waals surface area contributed by atoms with Crippen LogP contribution in [-0.4, -0.2) is 14.8 Å². The Morgan fingerprint density at radius 1 is 1.04 bits per heavy atom. The minimum absolute atomic E-state index is 0.278. The van der Waals surface area contributed by atoms with Crippen molar-refractivity contribution < 1.29 is 0 Å². The molecule has 6 N–H and O–H groups in total. The van der Waals surface area contributed by atoms with E-state index in [0.29, 0.717) is 17.9 Å². The molecule has 6 heteroatoms. The molecule has 0 aliphatic rings. The number of nitrogens with zero attached hydrogens (tertiary/aromatic N) is 3. The number of hydrogen-bond acceptors (Lipinski definition) is 5. The molecule has 0 unspecified atom stereocenters. The van der Waals surface area contributed by atoms with Gasteiger partial charge < -0.3 is 17.2 Å². The van der Waals surface area contributed by atoms with Crippen molar-refractivity contribution in [3.63, 3.8) is 0 Å². The minimum atomic E-state index is 0.278. The molecule has 0 spiro atoms. The van der Waals surface area contributed by atoms with Crippen LogP contribution in [0.4, 0.5) is 17.3 Å². The molecule has 2 heterocycles. The van der Waals surface area contributed by atoms with E-state index in [1.807, 2.05) is 17.1 Å². The fourth-order valence-corrected chi connectivity index (χ4v) is 2.84. The highest BCUT2D eigenvalue weighted by Gasteiger charge is 2.08. The fourth-order valence-electron chi connectivity index (χ4n) is 2.84. The van der Waals surface area contributed by atoms with Crippen LogP contribution >= 0.6 is 0 Å². The number of nitrogen functional groups attached to an aromatic ring is 3. The third-order valence-corrected chi connectivity index (χ3v) is 4.25. The molecule has 0 radical (unpaired) electrons. The van der Waals surface area contributed by atoms with E-state index in [1.165, 1.54) is 11.1 Å². The highest BCUT2D eigenvalue weighted by Crippen LogP contribution is 2.23. The number of anilines is 3. The molecule has 0 aliphatic carbocycles. The van der Waals surface area contributed by atoms with Gasteiger partial charge in [0.1, 0.15) is 11.6 Å². The zero-order valence-electron chi connectivity index (χ0n) is 14.4. The molecule has 0 saturated heterocycles. The van der Waals surface area contributed by atoms with Gasteiger partial charge in [0.25, 0.3) is 0 Å². The van der Waals surface area contributed by atoms with Crippen molar-refractivity contribution in [2.45, 2.75) is 32.7 Å². The van der Waals surface area contributed by atoms with Gasteiger partial charge in [0.05, 0.1) is 11.9 Å². The Morgan fingerprint density at radius 2 is 1.80 bits per heavy atom. The predicted molar refractivity (Wildman–Crippen MR) is 102 cm³/mol. The van der Waals surface area contributed by atoms with E-state index in [4.69, 9.17) is 17.2 Å². The molecule has 0 amide bonds. The third-order valence-electron chi connectivity index (χ3n) is 4.25. The Kier molecular flexibility index (Phi) is 4.88. The SMILES string of the molecule is Cc1ccc(CCCn2cc(Cc3cc(N)nc(N)c3N)cn2)cc1. The van der Waals surface area contributed by atoms with Crippen LogP contribution in [0.3, 0.4) is 0 Å². The maximum absolute atomic E-state index is 5.99. The molecular formula is C19H24N6. The molecule has 1 aromatic carbocycles. The molecule has 0 aliphatic heterocycles. The second kappa shape index (κ2) is 7.25. The van der Waals surface area contributed by atoms with Gasteiger partial charge in [-0.2, -0.15) is 5.10 Å². The van der Waals surface area contributed by atoms with Crippen LogP contribution in [0, 0.1) is 6.92 Å². The van der Waals surface area contributed by atoms with Crippen LogP contribution in [0.2, 0.25) is 0 Å². The zero-order chi connectivity index (χ0) is 17.8. The van der Waals surface area contributed by atoms with Crippen molar-refractivity contribution in [3.8, 4) is 0 Å². The highest BCUT2D eigenvalue weighted by atomic mass is 15.3. The molecule has 0 saturated carbocycles. The molecule has 3 rings (SSSR count). The average Bonchev–Trinajstić information content (AvgIpc) is 3.01. The van der Waals surface area contributed by atoms with Crippen LogP contribution in [0.1, 0.15) is 28.7 Å². The second-order valence-electron chi connectivity index (χ2n) is 6.38. The summed E-state index contributed by atoms with van der Waals surface area (Å²) in [5.41, 5.74) is 22.6. The first-order valence-electron chi connectivity index (χ1n) is 8.38.